The third kappa shape index (κ3) is 3.22. The van der Waals surface area contributed by atoms with Gasteiger partial charge >= 0.3 is 0 Å². The van der Waals surface area contributed by atoms with Crippen LogP contribution in [0.3, 0.4) is 0 Å². The highest BCUT2D eigenvalue weighted by atomic mass is 79.9. The molecule has 0 atom stereocenters. The van der Waals surface area contributed by atoms with Crippen LogP contribution in [0, 0.1) is 4.64 Å². The lowest BCUT2D eigenvalue weighted by atomic mass is 10.2. The number of aromatic amines is 1. The fraction of sp³-hybridized carbons (Fsp3) is 0.286. The van der Waals surface area contributed by atoms with E-state index in [2.05, 4.69) is 32.8 Å². The average molecular weight is 339 g/mol. The van der Waals surface area contributed by atoms with Crippen LogP contribution in [0.15, 0.2) is 28.7 Å². The van der Waals surface area contributed by atoms with Crippen LogP contribution in [0.25, 0.3) is 11.4 Å². The molecular weight excluding hydrogens is 324 g/mol. The average Bonchev–Trinajstić information content (AvgIpc) is 2.42. The fourth-order valence-corrected chi connectivity index (χ4v) is 2.47. The van der Waals surface area contributed by atoms with Gasteiger partial charge in [-0.15, -0.1) is 0 Å². The van der Waals surface area contributed by atoms with Crippen LogP contribution >= 0.6 is 28.1 Å². The third-order valence-electron chi connectivity index (χ3n) is 2.71. The minimum Gasteiger partial charge on any atom is -0.494 e. The van der Waals surface area contributed by atoms with Crippen molar-refractivity contribution in [2.24, 2.45) is 0 Å². The molecule has 19 heavy (non-hydrogen) atoms. The van der Waals surface area contributed by atoms with Crippen molar-refractivity contribution in [3.05, 3.63) is 39.1 Å². The molecule has 1 aromatic heterocycles. The summed E-state index contributed by atoms with van der Waals surface area (Å²) < 4.78 is 6.95. The second-order valence-electron chi connectivity index (χ2n) is 4.00. The molecule has 0 aliphatic heterocycles. The van der Waals surface area contributed by atoms with Crippen LogP contribution in [0.5, 0.6) is 5.75 Å². The largest absolute Gasteiger partial charge is 0.494 e. The number of aryl methyl sites for hydroxylation is 1. The van der Waals surface area contributed by atoms with E-state index in [0.29, 0.717) is 11.2 Å². The van der Waals surface area contributed by atoms with E-state index in [9.17, 15) is 0 Å². The van der Waals surface area contributed by atoms with Gasteiger partial charge in [-0.25, -0.2) is 4.98 Å². The van der Waals surface area contributed by atoms with Crippen molar-refractivity contribution in [3.63, 3.8) is 0 Å². The maximum Gasteiger partial charge on any atom is 0.144 e. The molecule has 3 nitrogen and oxygen atoms in total. The fourth-order valence-electron chi connectivity index (χ4n) is 1.79. The van der Waals surface area contributed by atoms with Crippen LogP contribution < -0.4 is 4.74 Å². The van der Waals surface area contributed by atoms with Crippen molar-refractivity contribution in [1.29, 1.82) is 0 Å². The van der Waals surface area contributed by atoms with Crippen LogP contribution in [-0.4, -0.2) is 16.6 Å². The second-order valence-corrected chi connectivity index (χ2v) is 5.18. The monoisotopic (exact) mass is 338 g/mol. The van der Waals surface area contributed by atoms with Gasteiger partial charge in [0.25, 0.3) is 0 Å². The van der Waals surface area contributed by atoms with Crippen LogP contribution in [-0.2, 0) is 6.42 Å². The minimum atomic E-state index is 0.576. The Balaban J connectivity index is 2.49. The highest BCUT2D eigenvalue weighted by Crippen LogP contribution is 2.24. The van der Waals surface area contributed by atoms with Gasteiger partial charge in [-0.1, -0.05) is 31.3 Å². The molecule has 2 aromatic rings. The van der Waals surface area contributed by atoms with Crippen LogP contribution in [0.4, 0.5) is 0 Å². The molecule has 5 heteroatoms. The summed E-state index contributed by atoms with van der Waals surface area (Å²) in [6.45, 7) is 4.69. The zero-order chi connectivity index (χ0) is 13.8. The van der Waals surface area contributed by atoms with E-state index in [1.807, 2.05) is 31.2 Å². The SMILES string of the molecule is CCOc1cccc(-c2nc(=S)c(Br)c(CC)[nH]2)c1. The highest BCUT2D eigenvalue weighted by Gasteiger charge is 2.07. The van der Waals surface area contributed by atoms with E-state index >= 15 is 0 Å². The van der Waals surface area contributed by atoms with Crippen LogP contribution in [0.1, 0.15) is 19.5 Å². The van der Waals surface area contributed by atoms with Gasteiger partial charge in [0.1, 0.15) is 16.2 Å². The predicted molar refractivity (Wildman–Crippen MR) is 83.1 cm³/mol. The number of nitrogens with zero attached hydrogens (tertiary/aromatic N) is 1. The zero-order valence-corrected chi connectivity index (χ0v) is 13.3. The summed E-state index contributed by atoms with van der Waals surface area (Å²) in [5.74, 6) is 1.61. The van der Waals surface area contributed by atoms with Gasteiger partial charge in [0.15, 0.2) is 0 Å². The lowest BCUT2D eigenvalue weighted by Gasteiger charge is -2.08. The molecule has 0 saturated carbocycles. The number of halogens is 1. The van der Waals surface area contributed by atoms with Gasteiger partial charge in [-0.2, -0.15) is 0 Å². The number of rotatable bonds is 4. The van der Waals surface area contributed by atoms with Crippen molar-refractivity contribution in [1.82, 2.24) is 9.97 Å². The van der Waals surface area contributed by atoms with Crippen molar-refractivity contribution in [3.8, 4) is 17.1 Å². The van der Waals surface area contributed by atoms with E-state index in [4.69, 9.17) is 17.0 Å². The predicted octanol–water partition coefficient (Wildman–Crippen LogP) is 4.53. The number of ether oxygens (including phenoxy) is 1. The van der Waals surface area contributed by atoms with E-state index < -0.39 is 0 Å². The molecule has 2 rings (SSSR count). The minimum absolute atomic E-state index is 0.576. The Hall–Kier alpha value is -1.20. The standard InChI is InChI=1S/C14H15BrN2OS/c1-3-11-12(15)14(19)17-13(16-11)9-6-5-7-10(8-9)18-4-2/h5-8H,3-4H2,1-2H3,(H,16,17,19). The van der Waals surface area contributed by atoms with E-state index in [1.165, 1.54) is 0 Å². The Bertz CT molecular complexity index is 640. The number of benzene rings is 1. The Morgan fingerprint density at radius 2 is 2.16 bits per heavy atom. The first-order chi connectivity index (χ1) is 9.15. The summed E-state index contributed by atoms with van der Waals surface area (Å²) in [5.41, 5.74) is 2.02. The summed E-state index contributed by atoms with van der Waals surface area (Å²) in [7, 11) is 0. The first kappa shape index (κ1) is 14.2. The topological polar surface area (TPSA) is 37.9 Å². The van der Waals surface area contributed by atoms with Gasteiger partial charge in [-0.05, 0) is 41.4 Å². The molecule has 0 bridgehead atoms. The summed E-state index contributed by atoms with van der Waals surface area (Å²) in [6, 6.07) is 7.83. The summed E-state index contributed by atoms with van der Waals surface area (Å²) in [5, 5.41) is 0. The van der Waals surface area contributed by atoms with Crippen molar-refractivity contribution in [2.45, 2.75) is 20.3 Å². The maximum atomic E-state index is 5.50. The van der Waals surface area contributed by atoms with Gasteiger partial charge in [0, 0.05) is 11.3 Å². The van der Waals surface area contributed by atoms with E-state index in [0.717, 1.165) is 33.7 Å². The molecule has 1 heterocycles. The number of aromatic nitrogens is 2. The summed E-state index contributed by atoms with van der Waals surface area (Å²) in [4.78, 5) is 7.72. The molecule has 0 amide bonds. The Labute approximate surface area is 126 Å². The molecular formula is C14H15BrN2OS. The van der Waals surface area contributed by atoms with E-state index in [1.54, 1.807) is 0 Å². The molecule has 0 fully saturated rings. The van der Waals surface area contributed by atoms with E-state index in [-0.39, 0.29) is 0 Å². The van der Waals surface area contributed by atoms with Gasteiger partial charge in [0.05, 0.1) is 11.1 Å². The third-order valence-corrected chi connectivity index (χ3v) is 4.12. The number of hydrogen-bond donors (Lipinski definition) is 1. The lowest BCUT2D eigenvalue weighted by molar-refractivity contribution is 0.340. The van der Waals surface area contributed by atoms with Crippen LogP contribution in [0.2, 0.25) is 0 Å². The molecule has 100 valence electrons. The molecule has 0 radical (unpaired) electrons. The maximum absolute atomic E-state index is 5.50. The number of nitrogens with one attached hydrogen (secondary N) is 1. The molecule has 0 aliphatic rings. The number of hydrogen-bond acceptors (Lipinski definition) is 3. The van der Waals surface area contributed by atoms with Crippen molar-refractivity contribution < 1.29 is 4.74 Å². The number of H-pyrrole nitrogens is 1. The summed E-state index contributed by atoms with van der Waals surface area (Å²) in [6.07, 6.45) is 0.866. The first-order valence-electron chi connectivity index (χ1n) is 6.17. The molecule has 0 saturated heterocycles. The normalized spacial score (nSPS) is 10.5. The van der Waals surface area contributed by atoms with Gasteiger partial charge in [-0.3, -0.25) is 0 Å². The highest BCUT2D eigenvalue weighted by molar-refractivity contribution is 9.10. The van der Waals surface area contributed by atoms with Gasteiger partial charge < -0.3 is 9.72 Å². The van der Waals surface area contributed by atoms with Crippen molar-refractivity contribution in [2.75, 3.05) is 6.61 Å². The lowest BCUT2D eigenvalue weighted by Crippen LogP contribution is -1.98. The zero-order valence-electron chi connectivity index (χ0n) is 10.9. The first-order valence-corrected chi connectivity index (χ1v) is 7.37. The molecule has 0 aliphatic carbocycles. The molecule has 0 spiro atoms. The Morgan fingerprint density at radius 3 is 2.84 bits per heavy atom. The quantitative estimate of drug-likeness (QED) is 0.832. The second kappa shape index (κ2) is 6.30. The molecule has 0 unspecified atom stereocenters. The van der Waals surface area contributed by atoms with Gasteiger partial charge in [0.2, 0.25) is 0 Å². The smallest absolute Gasteiger partial charge is 0.144 e. The van der Waals surface area contributed by atoms with Crippen molar-refractivity contribution >= 4 is 28.1 Å². The molecule has 1 aromatic carbocycles. The Morgan fingerprint density at radius 1 is 1.37 bits per heavy atom. The molecule has 1 N–H and O–H groups in total. The summed E-state index contributed by atoms with van der Waals surface area (Å²) >= 11 is 8.73. The Kier molecular flexibility index (Phi) is 4.71.